The Balaban J connectivity index is 1.56. The van der Waals surface area contributed by atoms with Gasteiger partial charge in [0.15, 0.2) is 4.34 Å². The monoisotopic (exact) mass is 490 g/mol. The first-order valence-electron chi connectivity index (χ1n) is 8.31. The molecule has 0 aliphatic carbocycles. The Kier molecular flexibility index (Phi) is 7.13. The van der Waals surface area contributed by atoms with Crippen molar-refractivity contribution in [2.75, 3.05) is 16.4 Å². The second-order valence-electron chi connectivity index (χ2n) is 5.87. The van der Waals surface area contributed by atoms with E-state index in [1.807, 2.05) is 0 Å². The average Bonchev–Trinajstić information content (AvgIpc) is 3.14. The van der Waals surface area contributed by atoms with Crippen LogP contribution in [0.2, 0.25) is 5.02 Å². The van der Waals surface area contributed by atoms with Gasteiger partial charge in [0.1, 0.15) is 5.82 Å². The van der Waals surface area contributed by atoms with Gasteiger partial charge in [-0.3, -0.25) is 14.9 Å². The molecule has 0 aliphatic rings. The molecule has 0 bridgehead atoms. The molecule has 2 amide bonds. The van der Waals surface area contributed by atoms with Crippen LogP contribution in [0.1, 0.15) is 15.9 Å². The predicted octanol–water partition coefficient (Wildman–Crippen LogP) is 5.33. The average molecular weight is 491 g/mol. The van der Waals surface area contributed by atoms with Gasteiger partial charge in [0, 0.05) is 5.56 Å². The van der Waals surface area contributed by atoms with Crippen molar-refractivity contribution in [1.82, 2.24) is 10.2 Å². The Labute approximate surface area is 186 Å². The Morgan fingerprint density at radius 1 is 1.10 bits per heavy atom. The number of aromatic nitrogens is 2. The Bertz CT molecular complexity index is 1120. The Morgan fingerprint density at radius 2 is 1.87 bits per heavy atom. The lowest BCUT2D eigenvalue weighted by Crippen LogP contribution is -2.15. The highest BCUT2D eigenvalue weighted by molar-refractivity contribution is 8.01. The van der Waals surface area contributed by atoms with Crippen LogP contribution in [0.3, 0.4) is 0 Å². The summed E-state index contributed by atoms with van der Waals surface area (Å²) >= 11 is 7.79. The molecule has 0 radical (unpaired) electrons. The van der Waals surface area contributed by atoms with E-state index in [-0.39, 0.29) is 27.2 Å². The van der Waals surface area contributed by atoms with Crippen molar-refractivity contribution in [2.45, 2.75) is 10.5 Å². The number of rotatable bonds is 6. The third-order valence-corrected chi connectivity index (χ3v) is 5.91. The van der Waals surface area contributed by atoms with Crippen LogP contribution in [0.15, 0.2) is 46.8 Å². The van der Waals surface area contributed by atoms with Crippen LogP contribution >= 0.6 is 34.7 Å². The summed E-state index contributed by atoms with van der Waals surface area (Å²) in [7, 11) is 0. The van der Waals surface area contributed by atoms with Crippen molar-refractivity contribution < 1.29 is 27.2 Å². The van der Waals surface area contributed by atoms with Crippen LogP contribution in [0.5, 0.6) is 0 Å². The van der Waals surface area contributed by atoms with Gasteiger partial charge in [-0.1, -0.05) is 40.8 Å². The van der Waals surface area contributed by atoms with Gasteiger partial charge in [-0.2, -0.15) is 13.2 Å². The summed E-state index contributed by atoms with van der Waals surface area (Å²) in [5, 5.41) is 12.5. The summed E-state index contributed by atoms with van der Waals surface area (Å²) in [6.45, 7) is 0. The van der Waals surface area contributed by atoms with Gasteiger partial charge in [0.05, 0.1) is 22.0 Å². The van der Waals surface area contributed by atoms with Crippen LogP contribution in [0, 0.1) is 5.82 Å². The number of carbonyl (C=O) groups excluding carboxylic acids is 2. The van der Waals surface area contributed by atoms with Crippen LogP contribution in [-0.4, -0.2) is 27.8 Å². The molecular formula is C18H11ClF4N4O2S2. The zero-order valence-electron chi connectivity index (χ0n) is 15.2. The van der Waals surface area contributed by atoms with E-state index in [0.29, 0.717) is 4.34 Å². The zero-order valence-corrected chi connectivity index (χ0v) is 17.6. The second kappa shape index (κ2) is 9.62. The van der Waals surface area contributed by atoms with E-state index >= 15 is 0 Å². The summed E-state index contributed by atoms with van der Waals surface area (Å²) < 4.78 is 51.9. The number of thioether (sulfide) groups is 1. The SMILES string of the molecule is O=C(CSc1nnc(NC(=O)c2cccc(F)c2)s1)Nc1cc(C(F)(F)F)ccc1Cl. The predicted molar refractivity (Wildman–Crippen MR) is 110 cm³/mol. The number of carbonyl (C=O) groups is 2. The molecular weight excluding hydrogens is 480 g/mol. The summed E-state index contributed by atoms with van der Waals surface area (Å²) in [6, 6.07) is 7.69. The number of amides is 2. The lowest BCUT2D eigenvalue weighted by atomic mass is 10.2. The van der Waals surface area contributed by atoms with Gasteiger partial charge >= 0.3 is 6.18 Å². The molecule has 2 N–H and O–H groups in total. The molecule has 1 aromatic heterocycles. The zero-order chi connectivity index (χ0) is 22.6. The van der Waals surface area contributed by atoms with Gasteiger partial charge in [-0.15, -0.1) is 10.2 Å². The number of benzene rings is 2. The molecule has 2 aromatic carbocycles. The standard InChI is InChI=1S/C18H11ClF4N4O2S2/c19-12-5-4-10(18(21,22)23)7-13(12)24-14(28)8-30-17-27-26-16(31-17)25-15(29)9-2-1-3-11(20)6-9/h1-7H,8H2,(H,24,28)(H,25,26,29). The molecule has 6 nitrogen and oxygen atoms in total. The second-order valence-corrected chi connectivity index (χ2v) is 8.47. The first kappa shape index (κ1) is 23.0. The summed E-state index contributed by atoms with van der Waals surface area (Å²) in [6.07, 6.45) is -4.57. The van der Waals surface area contributed by atoms with E-state index < -0.39 is 29.4 Å². The number of hydrogen-bond acceptors (Lipinski definition) is 6. The molecule has 0 unspecified atom stereocenters. The third-order valence-electron chi connectivity index (χ3n) is 3.61. The molecule has 13 heteroatoms. The maximum Gasteiger partial charge on any atom is 0.416 e. The van der Waals surface area contributed by atoms with E-state index in [9.17, 15) is 27.2 Å². The number of anilines is 2. The van der Waals surface area contributed by atoms with Crippen LogP contribution < -0.4 is 10.6 Å². The Morgan fingerprint density at radius 3 is 2.58 bits per heavy atom. The molecule has 1 heterocycles. The van der Waals surface area contributed by atoms with E-state index in [4.69, 9.17) is 11.6 Å². The minimum absolute atomic E-state index is 0.0374. The van der Waals surface area contributed by atoms with Crippen molar-refractivity contribution in [1.29, 1.82) is 0 Å². The van der Waals surface area contributed by atoms with E-state index in [1.54, 1.807) is 0 Å². The van der Waals surface area contributed by atoms with Crippen molar-refractivity contribution in [3.63, 3.8) is 0 Å². The first-order valence-corrected chi connectivity index (χ1v) is 10.5. The molecule has 3 rings (SSSR count). The molecule has 0 atom stereocenters. The van der Waals surface area contributed by atoms with Crippen molar-refractivity contribution in [2.24, 2.45) is 0 Å². The molecule has 31 heavy (non-hydrogen) atoms. The summed E-state index contributed by atoms with van der Waals surface area (Å²) in [4.78, 5) is 24.2. The fourth-order valence-corrected chi connectivity index (χ4v) is 3.94. The van der Waals surface area contributed by atoms with Gasteiger partial charge < -0.3 is 5.32 Å². The van der Waals surface area contributed by atoms with Crippen LogP contribution in [-0.2, 0) is 11.0 Å². The minimum atomic E-state index is -4.57. The van der Waals surface area contributed by atoms with Gasteiger partial charge in [0.25, 0.3) is 5.91 Å². The summed E-state index contributed by atoms with van der Waals surface area (Å²) in [5.74, 6) is -1.93. The lowest BCUT2D eigenvalue weighted by molar-refractivity contribution is -0.137. The molecule has 3 aromatic rings. The number of halogens is 5. The molecule has 0 spiro atoms. The molecule has 0 aliphatic heterocycles. The maximum atomic E-state index is 13.2. The van der Waals surface area contributed by atoms with Crippen molar-refractivity contribution >= 4 is 57.3 Å². The summed E-state index contributed by atoms with van der Waals surface area (Å²) in [5.41, 5.74) is -1.01. The molecule has 0 saturated carbocycles. The smallest absolute Gasteiger partial charge is 0.324 e. The van der Waals surface area contributed by atoms with Gasteiger partial charge in [0.2, 0.25) is 11.0 Å². The number of alkyl halides is 3. The highest BCUT2D eigenvalue weighted by atomic mass is 35.5. The van der Waals surface area contributed by atoms with Gasteiger partial charge in [-0.05, 0) is 36.4 Å². The first-order chi connectivity index (χ1) is 14.6. The maximum absolute atomic E-state index is 13.2. The largest absolute Gasteiger partial charge is 0.416 e. The van der Waals surface area contributed by atoms with Crippen LogP contribution in [0.4, 0.5) is 28.4 Å². The minimum Gasteiger partial charge on any atom is -0.324 e. The quantitative estimate of drug-likeness (QED) is 0.277. The van der Waals surface area contributed by atoms with E-state index in [1.165, 1.54) is 18.2 Å². The molecule has 0 fully saturated rings. The molecule has 162 valence electrons. The number of nitrogens with zero attached hydrogens (tertiary/aromatic N) is 2. The molecule has 0 saturated heterocycles. The highest BCUT2D eigenvalue weighted by Gasteiger charge is 2.31. The van der Waals surface area contributed by atoms with Gasteiger partial charge in [-0.25, -0.2) is 4.39 Å². The van der Waals surface area contributed by atoms with Crippen molar-refractivity contribution in [3.8, 4) is 0 Å². The van der Waals surface area contributed by atoms with E-state index in [0.717, 1.165) is 47.4 Å². The lowest BCUT2D eigenvalue weighted by Gasteiger charge is -2.11. The topological polar surface area (TPSA) is 84.0 Å². The van der Waals surface area contributed by atoms with Crippen LogP contribution in [0.25, 0.3) is 0 Å². The Hall–Kier alpha value is -2.70. The van der Waals surface area contributed by atoms with E-state index in [2.05, 4.69) is 20.8 Å². The number of hydrogen-bond donors (Lipinski definition) is 2. The third kappa shape index (κ3) is 6.39. The number of nitrogens with one attached hydrogen (secondary N) is 2. The van der Waals surface area contributed by atoms with Crippen molar-refractivity contribution in [3.05, 3.63) is 64.4 Å². The fraction of sp³-hybridized carbons (Fsp3) is 0.111. The normalized spacial score (nSPS) is 11.3. The highest BCUT2D eigenvalue weighted by Crippen LogP contribution is 2.34. The fourth-order valence-electron chi connectivity index (χ4n) is 2.23.